The lowest BCUT2D eigenvalue weighted by Crippen LogP contribution is -2.20. The third kappa shape index (κ3) is 4.62. The minimum absolute atomic E-state index is 0.211. The van der Waals surface area contributed by atoms with Crippen LogP contribution in [-0.4, -0.2) is 18.6 Å². The second kappa shape index (κ2) is 9.32. The topological polar surface area (TPSA) is 74.6 Å². The summed E-state index contributed by atoms with van der Waals surface area (Å²) in [6, 6.07) is 29.2. The largest absolute Gasteiger partial charge is 0.373 e. The van der Waals surface area contributed by atoms with Crippen LogP contribution in [0.4, 0.5) is 0 Å². The van der Waals surface area contributed by atoms with Crippen molar-refractivity contribution in [2.45, 2.75) is 24.7 Å². The minimum atomic E-state index is -4.31. The van der Waals surface area contributed by atoms with Gasteiger partial charge in [0.25, 0.3) is 0 Å². The molecule has 2 N–H and O–H groups in total. The molecular formula is C28H26O4S. The first-order valence-corrected chi connectivity index (χ1v) is 12.3. The Morgan fingerprint density at radius 2 is 0.879 bits per heavy atom. The Bertz CT molecular complexity index is 1260. The van der Waals surface area contributed by atoms with E-state index in [-0.39, 0.29) is 11.1 Å². The average Bonchev–Trinajstić information content (AvgIpc) is 2.84. The standard InChI is InChI=1S/C28H26O4S/c1-19-7-3-5-9-25(19)21-11-15-23(16-12-21)27(29)33(31,32)28(30)24-17-13-22(14-18-24)26-10-6-4-8-20(26)2/h3-18,27-30H,1-2H3. The molecule has 4 rings (SSSR count). The normalized spacial score (nSPS) is 13.5. The maximum Gasteiger partial charge on any atom is 0.212 e. The number of aliphatic hydroxyl groups is 2. The highest BCUT2D eigenvalue weighted by Crippen LogP contribution is 2.33. The monoisotopic (exact) mass is 458 g/mol. The molecule has 0 fully saturated rings. The summed E-state index contributed by atoms with van der Waals surface area (Å²) >= 11 is 0. The van der Waals surface area contributed by atoms with Crippen LogP contribution >= 0.6 is 0 Å². The number of aliphatic hydroxyl groups excluding tert-OH is 2. The first kappa shape index (κ1) is 22.9. The van der Waals surface area contributed by atoms with Crippen molar-refractivity contribution in [1.82, 2.24) is 0 Å². The van der Waals surface area contributed by atoms with E-state index in [2.05, 4.69) is 0 Å². The van der Waals surface area contributed by atoms with Crippen LogP contribution in [0.15, 0.2) is 97.1 Å². The summed E-state index contributed by atoms with van der Waals surface area (Å²) in [5.74, 6) is 0. The molecule has 0 aliphatic heterocycles. The molecule has 0 aliphatic carbocycles. The van der Waals surface area contributed by atoms with Gasteiger partial charge >= 0.3 is 0 Å². The molecule has 168 valence electrons. The SMILES string of the molecule is Cc1ccccc1-c1ccc(C(O)S(=O)(=O)C(O)c2ccc(-c3ccccc3C)cc2)cc1. The molecule has 4 aromatic carbocycles. The lowest BCUT2D eigenvalue weighted by Gasteiger charge is -2.18. The van der Waals surface area contributed by atoms with Gasteiger partial charge < -0.3 is 10.2 Å². The van der Waals surface area contributed by atoms with Gasteiger partial charge in [0.1, 0.15) is 0 Å². The van der Waals surface area contributed by atoms with Crippen LogP contribution in [-0.2, 0) is 9.84 Å². The zero-order valence-corrected chi connectivity index (χ0v) is 19.3. The van der Waals surface area contributed by atoms with Gasteiger partial charge in [0.05, 0.1) is 0 Å². The zero-order valence-electron chi connectivity index (χ0n) is 18.5. The Kier molecular flexibility index (Phi) is 6.47. The quantitative estimate of drug-likeness (QED) is 0.387. The van der Waals surface area contributed by atoms with E-state index in [1.165, 1.54) is 0 Å². The molecule has 33 heavy (non-hydrogen) atoms. The fourth-order valence-corrected chi connectivity index (χ4v) is 5.27. The fraction of sp³-hybridized carbons (Fsp3) is 0.143. The van der Waals surface area contributed by atoms with Crippen LogP contribution in [0.1, 0.15) is 33.1 Å². The van der Waals surface area contributed by atoms with E-state index in [4.69, 9.17) is 0 Å². The molecule has 2 atom stereocenters. The van der Waals surface area contributed by atoms with E-state index in [1.54, 1.807) is 48.5 Å². The van der Waals surface area contributed by atoms with E-state index in [0.717, 1.165) is 33.4 Å². The van der Waals surface area contributed by atoms with E-state index in [9.17, 15) is 18.6 Å². The van der Waals surface area contributed by atoms with Crippen LogP contribution in [0, 0.1) is 13.8 Å². The molecule has 0 saturated carbocycles. The molecule has 0 radical (unpaired) electrons. The number of aryl methyl sites for hydroxylation is 2. The Balaban J connectivity index is 1.56. The minimum Gasteiger partial charge on any atom is -0.373 e. The molecular weight excluding hydrogens is 432 g/mol. The molecule has 4 aromatic rings. The summed E-state index contributed by atoms with van der Waals surface area (Å²) in [6.45, 7) is 4.01. The van der Waals surface area contributed by atoms with Crippen LogP contribution < -0.4 is 0 Å². The summed E-state index contributed by atoms with van der Waals surface area (Å²) < 4.78 is 25.9. The third-order valence-electron chi connectivity index (χ3n) is 5.93. The van der Waals surface area contributed by atoms with Gasteiger partial charge in [0, 0.05) is 0 Å². The van der Waals surface area contributed by atoms with Crippen molar-refractivity contribution in [3.05, 3.63) is 119 Å². The van der Waals surface area contributed by atoms with Gasteiger partial charge in [-0.1, -0.05) is 97.1 Å². The smallest absolute Gasteiger partial charge is 0.212 e. The van der Waals surface area contributed by atoms with Crippen LogP contribution in [0.25, 0.3) is 22.3 Å². The summed E-state index contributed by atoms with van der Waals surface area (Å²) in [4.78, 5) is 0. The molecule has 2 unspecified atom stereocenters. The molecule has 0 saturated heterocycles. The van der Waals surface area contributed by atoms with Crippen molar-refractivity contribution in [2.24, 2.45) is 0 Å². The number of hydrogen-bond acceptors (Lipinski definition) is 4. The highest BCUT2D eigenvalue weighted by atomic mass is 32.2. The Hall–Kier alpha value is -3.25. The van der Waals surface area contributed by atoms with Gasteiger partial charge in [0.2, 0.25) is 9.84 Å². The third-order valence-corrected chi connectivity index (χ3v) is 7.72. The lowest BCUT2D eigenvalue weighted by atomic mass is 10.00. The summed E-state index contributed by atoms with van der Waals surface area (Å²) in [5, 5.41) is 21.2. The Morgan fingerprint density at radius 1 is 0.545 bits per heavy atom. The second-order valence-electron chi connectivity index (χ2n) is 8.17. The first-order chi connectivity index (χ1) is 15.8. The molecule has 5 heteroatoms. The maximum absolute atomic E-state index is 12.9. The predicted octanol–water partition coefficient (Wildman–Crippen LogP) is 5.73. The van der Waals surface area contributed by atoms with Crippen molar-refractivity contribution in [3.8, 4) is 22.3 Å². The Labute approximate surface area is 194 Å². The van der Waals surface area contributed by atoms with Crippen molar-refractivity contribution >= 4 is 9.84 Å². The second-order valence-corrected chi connectivity index (χ2v) is 10.2. The molecule has 0 heterocycles. The zero-order chi connectivity index (χ0) is 23.6. The van der Waals surface area contributed by atoms with Crippen LogP contribution in [0.5, 0.6) is 0 Å². The predicted molar refractivity (Wildman–Crippen MR) is 132 cm³/mol. The Morgan fingerprint density at radius 3 is 1.21 bits per heavy atom. The van der Waals surface area contributed by atoms with Gasteiger partial charge in [-0.2, -0.15) is 0 Å². The van der Waals surface area contributed by atoms with Crippen molar-refractivity contribution in [3.63, 3.8) is 0 Å². The lowest BCUT2D eigenvalue weighted by molar-refractivity contribution is 0.215. The molecule has 0 bridgehead atoms. The number of rotatable bonds is 6. The van der Waals surface area contributed by atoms with Gasteiger partial charge in [-0.15, -0.1) is 0 Å². The summed E-state index contributed by atoms with van der Waals surface area (Å²) in [5.41, 5.74) is 2.87. The number of benzene rings is 4. The van der Waals surface area contributed by atoms with Crippen molar-refractivity contribution in [2.75, 3.05) is 0 Å². The highest BCUT2D eigenvalue weighted by molar-refractivity contribution is 7.91. The van der Waals surface area contributed by atoms with E-state index in [0.29, 0.717) is 0 Å². The van der Waals surface area contributed by atoms with Gasteiger partial charge in [-0.05, 0) is 58.4 Å². The summed E-state index contributed by atoms with van der Waals surface area (Å²) in [7, 11) is -4.31. The molecule has 4 nitrogen and oxygen atoms in total. The van der Waals surface area contributed by atoms with Crippen molar-refractivity contribution < 1.29 is 18.6 Å². The average molecular weight is 459 g/mol. The number of hydrogen-bond donors (Lipinski definition) is 2. The van der Waals surface area contributed by atoms with E-state index in [1.807, 2.05) is 62.4 Å². The van der Waals surface area contributed by atoms with Gasteiger partial charge in [0.15, 0.2) is 10.9 Å². The molecule has 0 aliphatic rings. The maximum atomic E-state index is 12.9. The van der Waals surface area contributed by atoms with Crippen LogP contribution in [0.3, 0.4) is 0 Å². The van der Waals surface area contributed by atoms with Crippen molar-refractivity contribution in [1.29, 1.82) is 0 Å². The molecule has 0 aromatic heterocycles. The summed E-state index contributed by atoms with van der Waals surface area (Å²) in [6.07, 6.45) is 0. The first-order valence-electron chi connectivity index (χ1n) is 10.7. The highest BCUT2D eigenvalue weighted by Gasteiger charge is 2.33. The van der Waals surface area contributed by atoms with Gasteiger partial charge in [-0.3, -0.25) is 0 Å². The molecule has 0 amide bonds. The van der Waals surface area contributed by atoms with E-state index >= 15 is 0 Å². The van der Waals surface area contributed by atoms with Crippen LogP contribution in [0.2, 0.25) is 0 Å². The fourth-order valence-electron chi connectivity index (χ4n) is 3.95. The van der Waals surface area contributed by atoms with E-state index < -0.39 is 20.7 Å². The molecule has 0 spiro atoms. The van der Waals surface area contributed by atoms with Gasteiger partial charge in [-0.25, -0.2) is 8.42 Å². The number of sulfone groups is 1.